The maximum atomic E-state index is 13.4. The first-order chi connectivity index (χ1) is 15.2. The van der Waals surface area contributed by atoms with E-state index in [0.29, 0.717) is 10.6 Å². The Hall–Kier alpha value is -2.65. The van der Waals surface area contributed by atoms with Crippen LogP contribution in [-0.4, -0.2) is 49.5 Å². The van der Waals surface area contributed by atoms with Crippen LogP contribution in [0.15, 0.2) is 48.5 Å². The summed E-state index contributed by atoms with van der Waals surface area (Å²) < 4.78 is 39.1. The average molecular weight is 498 g/mol. The third-order valence-electron chi connectivity index (χ3n) is 4.70. The first-order valence-electron chi connectivity index (χ1n) is 10.3. The van der Waals surface area contributed by atoms with E-state index in [1.807, 2.05) is 20.8 Å². The van der Waals surface area contributed by atoms with Gasteiger partial charge >= 0.3 is 0 Å². The molecule has 0 saturated carbocycles. The second kappa shape index (κ2) is 10.5. The van der Waals surface area contributed by atoms with E-state index in [1.165, 1.54) is 17.0 Å². The quantitative estimate of drug-likeness (QED) is 0.604. The first kappa shape index (κ1) is 26.6. The zero-order valence-electron chi connectivity index (χ0n) is 19.3. The molecule has 0 aliphatic rings. The highest BCUT2D eigenvalue weighted by Crippen LogP contribution is 2.20. The molecule has 2 rings (SSSR count). The van der Waals surface area contributed by atoms with Crippen molar-refractivity contribution in [1.29, 1.82) is 0 Å². The van der Waals surface area contributed by atoms with Crippen LogP contribution in [0.25, 0.3) is 0 Å². The van der Waals surface area contributed by atoms with E-state index in [2.05, 4.69) is 5.32 Å². The van der Waals surface area contributed by atoms with Gasteiger partial charge < -0.3 is 10.2 Å². The highest BCUT2D eigenvalue weighted by atomic mass is 35.5. The molecule has 2 aromatic rings. The molecule has 10 heteroatoms. The van der Waals surface area contributed by atoms with Gasteiger partial charge in [-0.15, -0.1) is 0 Å². The SMILES string of the molecule is C[C@@H](C(=O)NC(C)(C)C)N(Cc1cccc(Cl)c1)C(=O)CN(c1ccc(F)cc1)S(C)(=O)=O. The fourth-order valence-corrected chi connectivity index (χ4v) is 4.17. The van der Waals surface area contributed by atoms with Crippen molar-refractivity contribution in [3.8, 4) is 0 Å². The fraction of sp³-hybridized carbons (Fsp3) is 0.391. The van der Waals surface area contributed by atoms with Crippen molar-refractivity contribution >= 4 is 39.1 Å². The smallest absolute Gasteiger partial charge is 0.244 e. The number of nitrogens with zero attached hydrogens (tertiary/aromatic N) is 2. The van der Waals surface area contributed by atoms with E-state index in [0.717, 1.165) is 22.7 Å². The van der Waals surface area contributed by atoms with E-state index in [9.17, 15) is 22.4 Å². The van der Waals surface area contributed by atoms with Crippen LogP contribution in [0, 0.1) is 5.82 Å². The molecule has 33 heavy (non-hydrogen) atoms. The highest BCUT2D eigenvalue weighted by molar-refractivity contribution is 7.92. The maximum absolute atomic E-state index is 13.4. The summed E-state index contributed by atoms with van der Waals surface area (Å²) in [7, 11) is -3.87. The Morgan fingerprint density at radius 2 is 1.73 bits per heavy atom. The molecule has 0 radical (unpaired) electrons. The lowest BCUT2D eigenvalue weighted by atomic mass is 10.1. The van der Waals surface area contributed by atoms with Crippen molar-refractivity contribution in [2.24, 2.45) is 0 Å². The molecule has 0 heterocycles. The molecular weight excluding hydrogens is 469 g/mol. The predicted molar refractivity (Wildman–Crippen MR) is 128 cm³/mol. The van der Waals surface area contributed by atoms with Gasteiger partial charge in [0.05, 0.1) is 11.9 Å². The van der Waals surface area contributed by atoms with Gasteiger partial charge in [-0.1, -0.05) is 23.7 Å². The van der Waals surface area contributed by atoms with Crippen LogP contribution >= 0.6 is 11.6 Å². The molecule has 0 aliphatic heterocycles. The molecule has 0 bridgehead atoms. The number of hydrogen-bond acceptors (Lipinski definition) is 4. The summed E-state index contributed by atoms with van der Waals surface area (Å²) in [5, 5.41) is 3.31. The normalized spacial score (nSPS) is 12.7. The van der Waals surface area contributed by atoms with Gasteiger partial charge in [0.1, 0.15) is 18.4 Å². The molecule has 0 unspecified atom stereocenters. The van der Waals surface area contributed by atoms with Gasteiger partial charge in [0, 0.05) is 17.1 Å². The third kappa shape index (κ3) is 8.01. The molecule has 0 fully saturated rings. The van der Waals surface area contributed by atoms with Gasteiger partial charge in [0.25, 0.3) is 0 Å². The summed E-state index contributed by atoms with van der Waals surface area (Å²) >= 11 is 6.07. The highest BCUT2D eigenvalue weighted by Gasteiger charge is 2.31. The van der Waals surface area contributed by atoms with E-state index in [-0.39, 0.29) is 18.1 Å². The molecule has 2 aromatic carbocycles. The Labute approximate surface area is 199 Å². The average Bonchev–Trinajstić information content (AvgIpc) is 2.68. The number of sulfonamides is 1. The summed E-state index contributed by atoms with van der Waals surface area (Å²) in [6.45, 7) is 6.52. The molecule has 0 spiro atoms. The Morgan fingerprint density at radius 3 is 2.24 bits per heavy atom. The number of carbonyl (C=O) groups excluding carboxylic acids is 2. The van der Waals surface area contributed by atoms with E-state index >= 15 is 0 Å². The molecule has 1 atom stereocenters. The lowest BCUT2D eigenvalue weighted by molar-refractivity contribution is -0.140. The molecule has 0 aliphatic carbocycles. The van der Waals surface area contributed by atoms with Crippen molar-refractivity contribution in [3.63, 3.8) is 0 Å². The number of benzene rings is 2. The summed E-state index contributed by atoms with van der Waals surface area (Å²) in [5.41, 5.74) is 0.295. The molecule has 2 amide bonds. The van der Waals surface area contributed by atoms with Crippen molar-refractivity contribution < 1.29 is 22.4 Å². The van der Waals surface area contributed by atoms with Crippen LogP contribution in [0.3, 0.4) is 0 Å². The lowest BCUT2D eigenvalue weighted by Gasteiger charge is -2.33. The van der Waals surface area contributed by atoms with E-state index in [4.69, 9.17) is 11.6 Å². The summed E-state index contributed by atoms with van der Waals surface area (Å²) in [4.78, 5) is 27.5. The molecule has 0 saturated heterocycles. The van der Waals surface area contributed by atoms with Crippen molar-refractivity contribution in [3.05, 3.63) is 64.9 Å². The number of anilines is 1. The second-order valence-corrected chi connectivity index (χ2v) is 11.2. The minimum absolute atomic E-state index is 0.0408. The van der Waals surface area contributed by atoms with Gasteiger partial charge in [0.2, 0.25) is 21.8 Å². The van der Waals surface area contributed by atoms with E-state index in [1.54, 1.807) is 31.2 Å². The van der Waals surface area contributed by atoms with Gasteiger partial charge in [-0.3, -0.25) is 13.9 Å². The lowest BCUT2D eigenvalue weighted by Crippen LogP contribution is -2.54. The molecular formula is C23H29ClFN3O4S. The summed E-state index contributed by atoms with van der Waals surface area (Å²) in [6.07, 6.45) is 0.959. The predicted octanol–water partition coefficient (Wildman–Crippen LogP) is 3.58. The van der Waals surface area contributed by atoms with Crippen LogP contribution in [0.4, 0.5) is 10.1 Å². The number of carbonyl (C=O) groups is 2. The first-order valence-corrected chi connectivity index (χ1v) is 12.5. The maximum Gasteiger partial charge on any atom is 0.244 e. The van der Waals surface area contributed by atoms with Gasteiger partial charge in [-0.25, -0.2) is 12.8 Å². The summed E-state index contributed by atoms with van der Waals surface area (Å²) in [6, 6.07) is 10.7. The number of nitrogens with one attached hydrogen (secondary N) is 1. The minimum atomic E-state index is -3.87. The van der Waals surface area contributed by atoms with Crippen molar-refractivity contribution in [1.82, 2.24) is 10.2 Å². The topological polar surface area (TPSA) is 86.8 Å². The molecule has 1 N–H and O–H groups in total. The van der Waals surface area contributed by atoms with E-state index < -0.39 is 39.9 Å². The van der Waals surface area contributed by atoms with Crippen molar-refractivity contribution in [2.75, 3.05) is 17.1 Å². The van der Waals surface area contributed by atoms with Crippen LogP contribution < -0.4 is 9.62 Å². The number of amides is 2. The zero-order chi connectivity index (χ0) is 25.0. The van der Waals surface area contributed by atoms with Crippen LogP contribution in [0.1, 0.15) is 33.3 Å². The van der Waals surface area contributed by atoms with Gasteiger partial charge in [-0.2, -0.15) is 0 Å². The van der Waals surface area contributed by atoms with Crippen LogP contribution in [0.5, 0.6) is 0 Å². The standard InChI is InChI=1S/C23H29ClFN3O4S/c1-16(22(30)26-23(2,3)4)27(14-17-7-6-8-18(24)13-17)21(29)15-28(33(5,31)32)20-11-9-19(25)10-12-20/h6-13,16H,14-15H2,1-5H3,(H,26,30)/t16-/m0/s1. The molecule has 7 nitrogen and oxygen atoms in total. The van der Waals surface area contributed by atoms with Gasteiger partial charge in [0.15, 0.2) is 0 Å². The number of halogens is 2. The molecule has 180 valence electrons. The third-order valence-corrected chi connectivity index (χ3v) is 6.08. The molecule has 0 aromatic heterocycles. The Balaban J connectivity index is 2.39. The second-order valence-electron chi connectivity index (χ2n) is 8.81. The number of rotatable bonds is 8. The monoisotopic (exact) mass is 497 g/mol. The van der Waals surface area contributed by atoms with Crippen LogP contribution in [-0.2, 0) is 26.2 Å². The Bertz CT molecular complexity index is 1100. The Morgan fingerprint density at radius 1 is 1.12 bits per heavy atom. The zero-order valence-corrected chi connectivity index (χ0v) is 20.9. The largest absolute Gasteiger partial charge is 0.350 e. The number of hydrogen-bond donors (Lipinski definition) is 1. The minimum Gasteiger partial charge on any atom is -0.350 e. The van der Waals surface area contributed by atoms with Crippen molar-refractivity contribution in [2.45, 2.75) is 45.8 Å². The van der Waals surface area contributed by atoms with Gasteiger partial charge in [-0.05, 0) is 69.7 Å². The Kier molecular flexibility index (Phi) is 8.48. The van der Waals surface area contributed by atoms with Crippen LogP contribution in [0.2, 0.25) is 5.02 Å². The fourth-order valence-electron chi connectivity index (χ4n) is 3.11. The summed E-state index contributed by atoms with van der Waals surface area (Å²) in [5.74, 6) is -1.51.